The topological polar surface area (TPSA) is 67.5 Å². The van der Waals surface area contributed by atoms with E-state index in [2.05, 4.69) is 0 Å². The maximum atomic E-state index is 10.9. The summed E-state index contributed by atoms with van der Waals surface area (Å²) >= 11 is 0.947. The molecule has 0 bridgehead atoms. The fraction of sp³-hybridized carbons (Fsp3) is 0.200. The summed E-state index contributed by atoms with van der Waals surface area (Å²) in [4.78, 5) is 20.8. The molecular formula is C10H8O4S. The first kappa shape index (κ1) is 9.92. The molecule has 0 aliphatic heterocycles. The van der Waals surface area contributed by atoms with Crippen molar-refractivity contribution in [1.82, 2.24) is 0 Å². The Bertz CT molecular complexity index is 552. The monoisotopic (exact) mass is 224 g/mol. The molecule has 0 radical (unpaired) electrons. The minimum Gasteiger partial charge on any atom is -0.508 e. The molecule has 4 nitrogen and oxygen atoms in total. The van der Waals surface area contributed by atoms with Crippen LogP contribution in [0.3, 0.4) is 0 Å². The summed E-state index contributed by atoms with van der Waals surface area (Å²) in [6.45, 7) is 0. The van der Waals surface area contributed by atoms with Crippen LogP contribution in [0.5, 0.6) is 5.75 Å². The van der Waals surface area contributed by atoms with Crippen LogP contribution >= 0.6 is 11.3 Å². The summed E-state index contributed by atoms with van der Waals surface area (Å²) in [5.74, 6) is 0.0985. The molecule has 0 aliphatic carbocycles. The van der Waals surface area contributed by atoms with E-state index in [1.807, 2.05) is 0 Å². The van der Waals surface area contributed by atoms with Crippen molar-refractivity contribution in [2.24, 2.45) is 0 Å². The van der Waals surface area contributed by atoms with Crippen LogP contribution in [0.25, 0.3) is 10.3 Å². The first-order valence-corrected chi connectivity index (χ1v) is 5.21. The van der Waals surface area contributed by atoms with E-state index in [9.17, 15) is 14.7 Å². The van der Waals surface area contributed by atoms with Crippen LogP contribution in [0.1, 0.15) is 12.0 Å². The number of carbonyl (C=O) groups excluding carboxylic acids is 1. The van der Waals surface area contributed by atoms with Gasteiger partial charge < -0.3 is 14.3 Å². The number of fused-ring (bicyclic) bond motifs is 1. The number of hydrogen-bond acceptors (Lipinski definition) is 5. The van der Waals surface area contributed by atoms with E-state index >= 15 is 0 Å². The van der Waals surface area contributed by atoms with Gasteiger partial charge in [-0.05, 0) is 18.1 Å². The lowest BCUT2D eigenvalue weighted by molar-refractivity contribution is -0.107. The van der Waals surface area contributed by atoms with E-state index in [0.29, 0.717) is 28.7 Å². The molecule has 2 aromatic rings. The van der Waals surface area contributed by atoms with Gasteiger partial charge in [-0.15, -0.1) is 0 Å². The molecule has 1 N–H and O–H groups in total. The fourth-order valence-electron chi connectivity index (χ4n) is 1.37. The van der Waals surface area contributed by atoms with Gasteiger partial charge in [-0.3, -0.25) is 0 Å². The highest BCUT2D eigenvalue weighted by Gasteiger charge is 2.08. The van der Waals surface area contributed by atoms with E-state index in [4.69, 9.17) is 4.42 Å². The second-order valence-electron chi connectivity index (χ2n) is 3.09. The van der Waals surface area contributed by atoms with Crippen molar-refractivity contribution in [1.29, 1.82) is 0 Å². The normalized spacial score (nSPS) is 10.7. The molecule has 0 spiro atoms. The number of phenolic OH excluding ortho intramolecular Hbond substituents is 1. The molecule has 0 fully saturated rings. The molecule has 78 valence electrons. The van der Waals surface area contributed by atoms with E-state index in [1.165, 1.54) is 6.07 Å². The van der Waals surface area contributed by atoms with Gasteiger partial charge in [-0.25, -0.2) is 4.79 Å². The third-order valence-electron chi connectivity index (χ3n) is 2.06. The Labute approximate surface area is 88.8 Å². The Morgan fingerprint density at radius 1 is 1.47 bits per heavy atom. The van der Waals surface area contributed by atoms with Crippen molar-refractivity contribution >= 4 is 27.9 Å². The molecule has 1 aromatic heterocycles. The van der Waals surface area contributed by atoms with Gasteiger partial charge in [0.05, 0.1) is 4.70 Å². The Morgan fingerprint density at radius 3 is 3.00 bits per heavy atom. The molecular weight excluding hydrogens is 216 g/mol. The first-order valence-electron chi connectivity index (χ1n) is 4.40. The number of carbonyl (C=O) groups is 1. The number of benzene rings is 1. The molecule has 0 aliphatic rings. The van der Waals surface area contributed by atoms with Crippen molar-refractivity contribution in [3.05, 3.63) is 27.4 Å². The van der Waals surface area contributed by atoms with Gasteiger partial charge in [0.15, 0.2) is 0 Å². The standard InChI is InChI=1S/C10H8O4S/c11-3-1-2-6-4-8-9(5-7(6)12)15-10(13)14-8/h3-5,12H,1-2H2. The summed E-state index contributed by atoms with van der Waals surface area (Å²) in [7, 11) is 0. The fourth-order valence-corrected chi connectivity index (χ4v) is 2.05. The van der Waals surface area contributed by atoms with Crippen molar-refractivity contribution in [3.63, 3.8) is 0 Å². The molecule has 15 heavy (non-hydrogen) atoms. The lowest BCUT2D eigenvalue weighted by atomic mass is 10.1. The van der Waals surface area contributed by atoms with Crippen LogP contribution in [0.2, 0.25) is 0 Å². The molecule has 0 unspecified atom stereocenters. The largest absolute Gasteiger partial charge is 0.508 e. The Morgan fingerprint density at radius 2 is 2.27 bits per heavy atom. The van der Waals surface area contributed by atoms with Gasteiger partial charge in [0, 0.05) is 12.5 Å². The number of phenols is 1. The first-order chi connectivity index (χ1) is 7.20. The molecule has 2 rings (SSSR count). The molecule has 0 saturated heterocycles. The second kappa shape index (κ2) is 3.86. The van der Waals surface area contributed by atoms with E-state index in [0.717, 1.165) is 17.6 Å². The SMILES string of the molecule is O=CCCc1cc2oc(=O)sc2cc1O. The highest BCUT2D eigenvalue weighted by atomic mass is 32.1. The summed E-state index contributed by atoms with van der Waals surface area (Å²) in [6, 6.07) is 3.09. The van der Waals surface area contributed by atoms with Gasteiger partial charge in [-0.1, -0.05) is 11.3 Å². The average Bonchev–Trinajstić information content (AvgIpc) is 2.53. The Kier molecular flexibility index (Phi) is 2.55. The molecule has 0 saturated carbocycles. The third-order valence-corrected chi connectivity index (χ3v) is 2.85. The zero-order valence-corrected chi connectivity index (χ0v) is 8.54. The molecule has 1 heterocycles. The molecule has 0 amide bonds. The van der Waals surface area contributed by atoms with Gasteiger partial charge in [0.25, 0.3) is 0 Å². The number of aryl methyl sites for hydroxylation is 1. The minimum absolute atomic E-state index is 0.0985. The summed E-state index contributed by atoms with van der Waals surface area (Å²) < 4.78 is 5.52. The quantitative estimate of drug-likeness (QED) is 0.805. The van der Waals surface area contributed by atoms with Crippen molar-refractivity contribution in [2.75, 3.05) is 0 Å². The van der Waals surface area contributed by atoms with Crippen LogP contribution in [0.15, 0.2) is 21.3 Å². The zero-order chi connectivity index (χ0) is 10.8. The van der Waals surface area contributed by atoms with Crippen LogP contribution in [-0.4, -0.2) is 11.4 Å². The predicted octanol–water partition coefficient (Wildman–Crippen LogP) is 1.69. The van der Waals surface area contributed by atoms with Crippen molar-refractivity contribution < 1.29 is 14.3 Å². The number of aromatic hydroxyl groups is 1. The summed E-state index contributed by atoms with van der Waals surface area (Å²) in [5.41, 5.74) is 1.08. The van der Waals surface area contributed by atoms with E-state index in [-0.39, 0.29) is 5.75 Å². The van der Waals surface area contributed by atoms with Crippen LogP contribution in [-0.2, 0) is 11.2 Å². The van der Waals surface area contributed by atoms with Crippen molar-refractivity contribution in [3.8, 4) is 5.75 Å². The van der Waals surface area contributed by atoms with Crippen LogP contribution in [0.4, 0.5) is 0 Å². The second-order valence-corrected chi connectivity index (χ2v) is 4.06. The number of aldehydes is 1. The van der Waals surface area contributed by atoms with Gasteiger partial charge in [-0.2, -0.15) is 0 Å². The Balaban J connectivity index is 2.50. The Hall–Kier alpha value is -1.62. The number of hydrogen-bond donors (Lipinski definition) is 1. The van der Waals surface area contributed by atoms with Crippen molar-refractivity contribution in [2.45, 2.75) is 12.8 Å². The van der Waals surface area contributed by atoms with E-state index < -0.39 is 4.94 Å². The smallest absolute Gasteiger partial charge is 0.396 e. The predicted molar refractivity (Wildman–Crippen MR) is 56.4 cm³/mol. The third kappa shape index (κ3) is 1.92. The van der Waals surface area contributed by atoms with Crippen LogP contribution < -0.4 is 4.94 Å². The maximum Gasteiger partial charge on any atom is 0.396 e. The molecule has 1 aromatic carbocycles. The summed E-state index contributed by atoms with van der Waals surface area (Å²) in [5, 5.41) is 9.59. The molecule has 0 atom stereocenters. The zero-order valence-electron chi connectivity index (χ0n) is 7.73. The lowest BCUT2D eigenvalue weighted by Crippen LogP contribution is -1.86. The van der Waals surface area contributed by atoms with Gasteiger partial charge >= 0.3 is 4.94 Å². The average molecular weight is 224 g/mol. The summed E-state index contributed by atoms with van der Waals surface area (Å²) in [6.07, 6.45) is 1.58. The minimum atomic E-state index is -0.392. The number of rotatable bonds is 3. The van der Waals surface area contributed by atoms with Gasteiger partial charge in [0.2, 0.25) is 0 Å². The lowest BCUT2D eigenvalue weighted by Gasteiger charge is -2.00. The van der Waals surface area contributed by atoms with Gasteiger partial charge in [0.1, 0.15) is 17.6 Å². The highest BCUT2D eigenvalue weighted by molar-refractivity contribution is 7.16. The molecule has 5 heteroatoms. The maximum absolute atomic E-state index is 10.9. The highest BCUT2D eigenvalue weighted by Crippen LogP contribution is 2.27. The van der Waals surface area contributed by atoms with Crippen LogP contribution in [0, 0.1) is 0 Å². The van der Waals surface area contributed by atoms with E-state index in [1.54, 1.807) is 6.07 Å².